The lowest BCUT2D eigenvalue weighted by Crippen LogP contribution is -2.08. The number of nitrogens with zero attached hydrogens (tertiary/aromatic N) is 1. The van der Waals surface area contributed by atoms with E-state index in [0.29, 0.717) is 5.88 Å². The summed E-state index contributed by atoms with van der Waals surface area (Å²) in [6, 6.07) is 3.72. The van der Waals surface area contributed by atoms with Gasteiger partial charge in [0.1, 0.15) is 0 Å². The van der Waals surface area contributed by atoms with Crippen molar-refractivity contribution in [2.75, 3.05) is 0 Å². The molecule has 1 heterocycles. The van der Waals surface area contributed by atoms with Crippen LogP contribution in [0, 0.1) is 0 Å². The summed E-state index contributed by atoms with van der Waals surface area (Å²) < 4.78 is 5.52. The highest BCUT2D eigenvalue weighted by molar-refractivity contribution is 5.25. The molecule has 0 aromatic carbocycles. The van der Waals surface area contributed by atoms with Crippen molar-refractivity contribution < 1.29 is 9.84 Å². The third kappa shape index (κ3) is 3.88. The normalized spacial score (nSPS) is 10.7. The molecule has 1 aromatic heterocycles. The van der Waals surface area contributed by atoms with E-state index < -0.39 is 0 Å². The predicted molar refractivity (Wildman–Crippen MR) is 59.9 cm³/mol. The van der Waals surface area contributed by atoms with Gasteiger partial charge in [0.2, 0.25) is 5.88 Å². The van der Waals surface area contributed by atoms with E-state index in [0.717, 1.165) is 24.1 Å². The van der Waals surface area contributed by atoms with Crippen LogP contribution in [-0.4, -0.2) is 16.2 Å². The minimum absolute atomic E-state index is 0.0354. The molecule has 0 atom stereocenters. The minimum atomic E-state index is 0.0354. The first-order chi connectivity index (χ1) is 7.15. The van der Waals surface area contributed by atoms with E-state index in [1.165, 1.54) is 0 Å². The van der Waals surface area contributed by atoms with Gasteiger partial charge in [0.05, 0.1) is 12.7 Å². The highest BCUT2D eigenvalue weighted by Crippen LogP contribution is 2.15. The first-order valence-electron chi connectivity index (χ1n) is 5.43. The van der Waals surface area contributed by atoms with Gasteiger partial charge in [0, 0.05) is 11.8 Å². The average molecular weight is 209 g/mol. The standard InChI is InChI=1S/C12H19NO2/c1-4-5-11-6-10(8-14)7-12(13-11)15-9(2)3/h6-7,9,14H,4-5,8H2,1-3H3. The summed E-state index contributed by atoms with van der Waals surface area (Å²) in [5.41, 5.74) is 1.85. The number of aryl methyl sites for hydroxylation is 1. The second-order valence-electron chi connectivity index (χ2n) is 3.88. The van der Waals surface area contributed by atoms with Gasteiger partial charge in [0.15, 0.2) is 0 Å². The molecular weight excluding hydrogens is 190 g/mol. The van der Waals surface area contributed by atoms with Gasteiger partial charge in [-0.25, -0.2) is 4.98 Å². The highest BCUT2D eigenvalue weighted by atomic mass is 16.5. The smallest absolute Gasteiger partial charge is 0.214 e. The molecule has 0 bridgehead atoms. The van der Waals surface area contributed by atoms with Gasteiger partial charge in [-0.2, -0.15) is 0 Å². The first-order valence-corrected chi connectivity index (χ1v) is 5.43. The Labute approximate surface area is 91.1 Å². The number of aliphatic hydroxyl groups excluding tert-OH is 1. The third-order valence-electron chi connectivity index (χ3n) is 1.96. The molecule has 0 aliphatic rings. The fourth-order valence-electron chi connectivity index (χ4n) is 1.40. The van der Waals surface area contributed by atoms with Crippen molar-refractivity contribution >= 4 is 0 Å². The van der Waals surface area contributed by atoms with Gasteiger partial charge in [-0.1, -0.05) is 13.3 Å². The Hall–Kier alpha value is -1.09. The fraction of sp³-hybridized carbons (Fsp3) is 0.583. The average Bonchev–Trinajstić information content (AvgIpc) is 2.16. The molecule has 3 nitrogen and oxygen atoms in total. The molecule has 1 N–H and O–H groups in total. The van der Waals surface area contributed by atoms with Crippen molar-refractivity contribution in [1.29, 1.82) is 0 Å². The topological polar surface area (TPSA) is 42.4 Å². The van der Waals surface area contributed by atoms with Crippen LogP contribution < -0.4 is 4.74 Å². The molecule has 0 aliphatic heterocycles. The number of hydrogen-bond donors (Lipinski definition) is 1. The SMILES string of the molecule is CCCc1cc(CO)cc(OC(C)C)n1. The largest absolute Gasteiger partial charge is 0.475 e. The zero-order valence-corrected chi connectivity index (χ0v) is 9.66. The summed E-state index contributed by atoms with van der Waals surface area (Å²) in [5.74, 6) is 0.611. The van der Waals surface area contributed by atoms with Gasteiger partial charge in [-0.15, -0.1) is 0 Å². The molecule has 84 valence electrons. The maximum absolute atomic E-state index is 9.11. The van der Waals surface area contributed by atoms with Gasteiger partial charge in [-0.3, -0.25) is 0 Å². The van der Waals surface area contributed by atoms with Gasteiger partial charge in [-0.05, 0) is 31.9 Å². The summed E-state index contributed by atoms with van der Waals surface area (Å²) in [6.07, 6.45) is 2.08. The number of aliphatic hydroxyl groups is 1. The lowest BCUT2D eigenvalue weighted by atomic mass is 10.2. The van der Waals surface area contributed by atoms with Crippen LogP contribution in [0.15, 0.2) is 12.1 Å². The second-order valence-corrected chi connectivity index (χ2v) is 3.88. The van der Waals surface area contributed by atoms with Crippen LogP contribution in [0.1, 0.15) is 38.4 Å². The summed E-state index contributed by atoms with van der Waals surface area (Å²) in [7, 11) is 0. The molecule has 0 aliphatic carbocycles. The predicted octanol–water partition coefficient (Wildman–Crippen LogP) is 2.31. The van der Waals surface area contributed by atoms with Gasteiger partial charge in [0.25, 0.3) is 0 Å². The zero-order valence-electron chi connectivity index (χ0n) is 9.66. The second kappa shape index (κ2) is 5.71. The maximum atomic E-state index is 9.11. The Kier molecular flexibility index (Phi) is 4.56. The minimum Gasteiger partial charge on any atom is -0.475 e. The summed E-state index contributed by atoms with van der Waals surface area (Å²) in [6.45, 7) is 6.07. The van der Waals surface area contributed by atoms with Crippen LogP contribution in [-0.2, 0) is 13.0 Å². The van der Waals surface area contributed by atoms with Crippen LogP contribution in [0.5, 0.6) is 5.88 Å². The first kappa shape index (κ1) is 12.0. The van der Waals surface area contributed by atoms with Crippen molar-refractivity contribution in [2.45, 2.75) is 46.3 Å². The van der Waals surface area contributed by atoms with E-state index in [1.54, 1.807) is 6.07 Å². The lowest BCUT2D eigenvalue weighted by molar-refractivity contribution is 0.229. The number of hydrogen-bond acceptors (Lipinski definition) is 3. The van der Waals surface area contributed by atoms with E-state index in [9.17, 15) is 0 Å². The number of rotatable bonds is 5. The Balaban J connectivity index is 2.89. The van der Waals surface area contributed by atoms with Crippen LogP contribution in [0.25, 0.3) is 0 Å². The van der Waals surface area contributed by atoms with Crippen molar-refractivity contribution in [3.05, 3.63) is 23.4 Å². The third-order valence-corrected chi connectivity index (χ3v) is 1.96. The monoisotopic (exact) mass is 209 g/mol. The molecule has 1 rings (SSSR count). The molecule has 0 unspecified atom stereocenters. The molecule has 0 radical (unpaired) electrons. The Morgan fingerprint density at radius 2 is 2.13 bits per heavy atom. The van der Waals surface area contributed by atoms with Crippen molar-refractivity contribution in [3.8, 4) is 5.88 Å². The van der Waals surface area contributed by atoms with E-state index in [4.69, 9.17) is 9.84 Å². The van der Waals surface area contributed by atoms with E-state index in [2.05, 4.69) is 11.9 Å². The summed E-state index contributed by atoms with van der Waals surface area (Å²) in [4.78, 5) is 4.38. The molecule has 3 heteroatoms. The number of aromatic nitrogens is 1. The van der Waals surface area contributed by atoms with Crippen LogP contribution in [0.2, 0.25) is 0 Å². The van der Waals surface area contributed by atoms with Crippen LogP contribution >= 0.6 is 0 Å². The molecule has 0 saturated heterocycles. The quantitative estimate of drug-likeness (QED) is 0.809. The molecule has 0 amide bonds. The van der Waals surface area contributed by atoms with Crippen LogP contribution in [0.4, 0.5) is 0 Å². The summed E-state index contributed by atoms with van der Waals surface area (Å²) in [5, 5.41) is 9.11. The van der Waals surface area contributed by atoms with Crippen LogP contribution in [0.3, 0.4) is 0 Å². The fourth-order valence-corrected chi connectivity index (χ4v) is 1.40. The van der Waals surface area contributed by atoms with E-state index in [-0.39, 0.29) is 12.7 Å². The molecule has 0 fully saturated rings. The molecule has 0 spiro atoms. The summed E-state index contributed by atoms with van der Waals surface area (Å²) >= 11 is 0. The maximum Gasteiger partial charge on any atom is 0.214 e. The van der Waals surface area contributed by atoms with Gasteiger partial charge >= 0.3 is 0 Å². The van der Waals surface area contributed by atoms with Crippen molar-refractivity contribution in [3.63, 3.8) is 0 Å². The van der Waals surface area contributed by atoms with Gasteiger partial charge < -0.3 is 9.84 Å². The number of ether oxygens (including phenoxy) is 1. The Bertz CT molecular complexity index is 310. The van der Waals surface area contributed by atoms with E-state index in [1.807, 2.05) is 19.9 Å². The highest BCUT2D eigenvalue weighted by Gasteiger charge is 2.04. The molecular formula is C12H19NO2. The zero-order chi connectivity index (χ0) is 11.3. The lowest BCUT2D eigenvalue weighted by Gasteiger charge is -2.11. The number of pyridine rings is 1. The van der Waals surface area contributed by atoms with E-state index >= 15 is 0 Å². The molecule has 0 saturated carbocycles. The Morgan fingerprint density at radius 1 is 1.40 bits per heavy atom. The Morgan fingerprint density at radius 3 is 2.67 bits per heavy atom. The molecule has 15 heavy (non-hydrogen) atoms. The van der Waals surface area contributed by atoms with Crippen molar-refractivity contribution in [2.24, 2.45) is 0 Å². The van der Waals surface area contributed by atoms with Crippen molar-refractivity contribution in [1.82, 2.24) is 4.98 Å². The molecule has 1 aromatic rings.